The topological polar surface area (TPSA) is 77.8 Å². The Balaban J connectivity index is 2.52. The van der Waals surface area contributed by atoms with E-state index in [-0.39, 0.29) is 5.95 Å². The van der Waals surface area contributed by atoms with E-state index in [1.54, 1.807) is 6.07 Å². The van der Waals surface area contributed by atoms with Gasteiger partial charge in [-0.3, -0.25) is 0 Å². The minimum Gasteiger partial charge on any atom is -0.384 e. The average molecular weight is 186 g/mol. The molecular formula is C10H10N4. The highest BCUT2D eigenvalue weighted by atomic mass is 15.0. The number of hydrogen-bond acceptors (Lipinski definition) is 4. The SMILES string of the molecule is Nc1cc(-c2ccccc2)nc(N)n1. The molecular weight excluding hydrogens is 176 g/mol. The summed E-state index contributed by atoms with van der Waals surface area (Å²) in [6, 6.07) is 11.4. The van der Waals surface area contributed by atoms with E-state index in [2.05, 4.69) is 9.97 Å². The molecule has 4 N–H and O–H groups in total. The van der Waals surface area contributed by atoms with Crippen LogP contribution in [0.25, 0.3) is 11.3 Å². The van der Waals surface area contributed by atoms with Gasteiger partial charge in [0.25, 0.3) is 0 Å². The van der Waals surface area contributed by atoms with Crippen molar-refractivity contribution in [2.24, 2.45) is 0 Å². The summed E-state index contributed by atoms with van der Waals surface area (Å²) in [5, 5.41) is 0. The standard InChI is InChI=1S/C10H10N4/c11-9-6-8(13-10(12)14-9)7-4-2-1-3-5-7/h1-6H,(H4,11,12,13,14). The molecule has 0 saturated carbocycles. The molecule has 14 heavy (non-hydrogen) atoms. The molecule has 2 aromatic rings. The Morgan fingerprint density at radius 2 is 1.64 bits per heavy atom. The van der Waals surface area contributed by atoms with Gasteiger partial charge in [-0.25, -0.2) is 4.98 Å². The van der Waals surface area contributed by atoms with Crippen LogP contribution in [0, 0.1) is 0 Å². The Morgan fingerprint density at radius 3 is 2.29 bits per heavy atom. The first kappa shape index (κ1) is 8.50. The zero-order valence-electron chi connectivity index (χ0n) is 7.51. The van der Waals surface area contributed by atoms with Crippen molar-refractivity contribution in [3.63, 3.8) is 0 Å². The average Bonchev–Trinajstić information content (AvgIpc) is 2.18. The van der Waals surface area contributed by atoms with Crippen molar-refractivity contribution in [3.05, 3.63) is 36.4 Å². The van der Waals surface area contributed by atoms with Gasteiger partial charge in [-0.05, 0) is 0 Å². The van der Waals surface area contributed by atoms with E-state index in [9.17, 15) is 0 Å². The molecule has 0 aliphatic heterocycles. The maximum Gasteiger partial charge on any atom is 0.222 e. The van der Waals surface area contributed by atoms with Crippen LogP contribution in [0.1, 0.15) is 0 Å². The van der Waals surface area contributed by atoms with Crippen LogP contribution in [0.15, 0.2) is 36.4 Å². The second-order valence-electron chi connectivity index (χ2n) is 2.90. The van der Waals surface area contributed by atoms with Gasteiger partial charge < -0.3 is 11.5 Å². The Labute approximate surface area is 81.6 Å². The number of nitrogen functional groups attached to an aromatic ring is 2. The fourth-order valence-electron chi connectivity index (χ4n) is 1.24. The predicted molar refractivity (Wildman–Crippen MR) is 56.3 cm³/mol. The Kier molecular flexibility index (Phi) is 2.02. The highest BCUT2D eigenvalue weighted by Crippen LogP contribution is 2.18. The molecule has 4 heteroatoms. The van der Waals surface area contributed by atoms with E-state index in [0.29, 0.717) is 5.82 Å². The molecule has 0 atom stereocenters. The number of hydrogen-bond donors (Lipinski definition) is 2. The second-order valence-corrected chi connectivity index (χ2v) is 2.90. The van der Waals surface area contributed by atoms with Crippen LogP contribution in [0.4, 0.5) is 11.8 Å². The molecule has 0 unspecified atom stereocenters. The lowest BCUT2D eigenvalue weighted by atomic mass is 10.1. The Hall–Kier alpha value is -2.10. The fraction of sp³-hybridized carbons (Fsp3) is 0. The van der Waals surface area contributed by atoms with Gasteiger partial charge in [-0.15, -0.1) is 0 Å². The number of nitrogens with two attached hydrogens (primary N) is 2. The van der Waals surface area contributed by atoms with E-state index in [0.717, 1.165) is 11.3 Å². The fourth-order valence-corrected chi connectivity index (χ4v) is 1.24. The summed E-state index contributed by atoms with van der Waals surface area (Å²) in [5.74, 6) is 0.584. The molecule has 1 aromatic heterocycles. The monoisotopic (exact) mass is 186 g/mol. The highest BCUT2D eigenvalue weighted by Gasteiger charge is 2.01. The lowest BCUT2D eigenvalue weighted by Crippen LogP contribution is -2.00. The number of anilines is 2. The van der Waals surface area contributed by atoms with E-state index >= 15 is 0 Å². The van der Waals surface area contributed by atoms with E-state index in [1.165, 1.54) is 0 Å². The van der Waals surface area contributed by atoms with E-state index in [4.69, 9.17) is 11.5 Å². The van der Waals surface area contributed by atoms with Crippen LogP contribution in [-0.4, -0.2) is 9.97 Å². The van der Waals surface area contributed by atoms with Gasteiger partial charge in [0.2, 0.25) is 5.95 Å². The van der Waals surface area contributed by atoms with Gasteiger partial charge in [0.05, 0.1) is 5.69 Å². The van der Waals surface area contributed by atoms with Crippen LogP contribution in [0.2, 0.25) is 0 Å². The number of rotatable bonds is 1. The Bertz CT molecular complexity index is 419. The third kappa shape index (κ3) is 1.64. The van der Waals surface area contributed by atoms with E-state index < -0.39 is 0 Å². The summed E-state index contributed by atoms with van der Waals surface area (Å²) < 4.78 is 0. The van der Waals surface area contributed by atoms with Gasteiger partial charge in [0, 0.05) is 11.6 Å². The van der Waals surface area contributed by atoms with Gasteiger partial charge in [0.1, 0.15) is 5.82 Å². The third-order valence-corrected chi connectivity index (χ3v) is 1.83. The quantitative estimate of drug-likeness (QED) is 0.703. The molecule has 0 fully saturated rings. The van der Waals surface area contributed by atoms with Crippen LogP contribution >= 0.6 is 0 Å². The molecule has 4 nitrogen and oxygen atoms in total. The predicted octanol–water partition coefficient (Wildman–Crippen LogP) is 1.31. The lowest BCUT2D eigenvalue weighted by Gasteiger charge is -2.02. The van der Waals surface area contributed by atoms with Crippen LogP contribution in [0.5, 0.6) is 0 Å². The third-order valence-electron chi connectivity index (χ3n) is 1.83. The summed E-state index contributed by atoms with van der Waals surface area (Å²) in [5.41, 5.74) is 12.8. The molecule has 70 valence electrons. The summed E-state index contributed by atoms with van der Waals surface area (Å²) in [6.07, 6.45) is 0. The summed E-state index contributed by atoms with van der Waals surface area (Å²) in [6.45, 7) is 0. The summed E-state index contributed by atoms with van der Waals surface area (Å²) in [7, 11) is 0. The first-order chi connectivity index (χ1) is 6.75. The van der Waals surface area contributed by atoms with Crippen molar-refractivity contribution in [2.45, 2.75) is 0 Å². The molecule has 0 aliphatic carbocycles. The van der Waals surface area contributed by atoms with Crippen LogP contribution in [-0.2, 0) is 0 Å². The van der Waals surface area contributed by atoms with Crippen molar-refractivity contribution in [1.29, 1.82) is 0 Å². The smallest absolute Gasteiger partial charge is 0.222 e. The van der Waals surface area contributed by atoms with Crippen molar-refractivity contribution >= 4 is 11.8 Å². The van der Waals surface area contributed by atoms with Crippen molar-refractivity contribution in [3.8, 4) is 11.3 Å². The molecule has 1 heterocycles. The molecule has 0 amide bonds. The molecule has 0 spiro atoms. The van der Waals surface area contributed by atoms with Crippen LogP contribution < -0.4 is 11.5 Å². The second kappa shape index (κ2) is 3.33. The van der Waals surface area contributed by atoms with Crippen LogP contribution in [0.3, 0.4) is 0 Å². The number of nitrogens with zero attached hydrogens (tertiary/aromatic N) is 2. The summed E-state index contributed by atoms with van der Waals surface area (Å²) in [4.78, 5) is 7.90. The highest BCUT2D eigenvalue weighted by molar-refractivity contribution is 5.62. The minimum atomic E-state index is 0.198. The molecule has 1 aromatic carbocycles. The number of benzene rings is 1. The zero-order chi connectivity index (χ0) is 9.97. The zero-order valence-corrected chi connectivity index (χ0v) is 7.51. The largest absolute Gasteiger partial charge is 0.384 e. The minimum absolute atomic E-state index is 0.198. The van der Waals surface area contributed by atoms with Gasteiger partial charge in [-0.2, -0.15) is 4.98 Å². The van der Waals surface area contributed by atoms with Crippen molar-refractivity contribution in [2.75, 3.05) is 11.5 Å². The summed E-state index contributed by atoms with van der Waals surface area (Å²) >= 11 is 0. The molecule has 0 bridgehead atoms. The van der Waals surface area contributed by atoms with Gasteiger partial charge >= 0.3 is 0 Å². The molecule has 0 aliphatic rings. The van der Waals surface area contributed by atoms with Gasteiger partial charge in [0.15, 0.2) is 0 Å². The molecule has 2 rings (SSSR count). The normalized spacial score (nSPS) is 10.0. The van der Waals surface area contributed by atoms with Crippen molar-refractivity contribution < 1.29 is 0 Å². The maximum atomic E-state index is 5.57. The number of aromatic nitrogens is 2. The maximum absolute atomic E-state index is 5.57. The first-order valence-electron chi connectivity index (χ1n) is 4.21. The van der Waals surface area contributed by atoms with Gasteiger partial charge in [-0.1, -0.05) is 30.3 Å². The Morgan fingerprint density at radius 1 is 0.929 bits per heavy atom. The molecule has 0 saturated heterocycles. The lowest BCUT2D eigenvalue weighted by molar-refractivity contribution is 1.20. The van der Waals surface area contributed by atoms with E-state index in [1.807, 2.05) is 30.3 Å². The molecule has 0 radical (unpaired) electrons. The van der Waals surface area contributed by atoms with Crippen molar-refractivity contribution in [1.82, 2.24) is 9.97 Å². The first-order valence-corrected chi connectivity index (χ1v) is 4.21.